The topological polar surface area (TPSA) is 233 Å². The van der Waals surface area contributed by atoms with Crippen LogP contribution in [0.2, 0.25) is 0 Å². The van der Waals surface area contributed by atoms with Crippen LogP contribution in [0.3, 0.4) is 0 Å². The zero-order valence-corrected chi connectivity index (χ0v) is 45.3. The van der Waals surface area contributed by atoms with Crippen molar-refractivity contribution in [2.75, 3.05) is 37.0 Å². The van der Waals surface area contributed by atoms with Gasteiger partial charge in [0.25, 0.3) is 17.7 Å². The zero-order valence-electron chi connectivity index (χ0n) is 45.3. The van der Waals surface area contributed by atoms with Gasteiger partial charge in [0.2, 0.25) is 11.8 Å². The van der Waals surface area contributed by atoms with Gasteiger partial charge in [-0.05, 0) is 115 Å². The number of nitrogens with one attached hydrogen (secondary N) is 2. The Morgan fingerprint density at radius 1 is 0.679 bits per heavy atom. The fraction of sp³-hybridized carbons (Fsp3) is 0.355. The van der Waals surface area contributed by atoms with E-state index in [1.165, 1.54) is 7.11 Å². The summed E-state index contributed by atoms with van der Waals surface area (Å²) in [5.41, 5.74) is 9.19. The molecule has 1 unspecified atom stereocenters. The molecule has 19 nitrogen and oxygen atoms in total. The van der Waals surface area contributed by atoms with Gasteiger partial charge in [0.15, 0.2) is 17.3 Å². The number of ketones is 2. The van der Waals surface area contributed by atoms with Crippen molar-refractivity contribution in [3.8, 4) is 17.2 Å². The maximum absolute atomic E-state index is 14.4. The van der Waals surface area contributed by atoms with Crippen LogP contribution in [-0.2, 0) is 70.9 Å². The van der Waals surface area contributed by atoms with Crippen LogP contribution >= 0.6 is 0 Å². The van der Waals surface area contributed by atoms with Gasteiger partial charge >= 0.3 is 11.9 Å². The summed E-state index contributed by atoms with van der Waals surface area (Å²) in [6, 6.07) is 28.8. The Kier molecular flexibility index (Phi) is 16.6. The van der Waals surface area contributed by atoms with Crippen LogP contribution < -0.4 is 34.2 Å². The molecule has 2 N–H and O–H groups in total. The Balaban J connectivity index is 0.770. The number of benzene rings is 5. The molecule has 1 saturated heterocycles. The third kappa shape index (κ3) is 12.3. The molecule has 0 radical (unpaired) electrons. The lowest BCUT2D eigenvalue weighted by Crippen LogP contribution is -2.53. The van der Waals surface area contributed by atoms with Crippen molar-refractivity contribution in [3.05, 3.63) is 136 Å². The SMILES string of the molecule is COc1cc2c(cc1OCc1cc(COc3cc4c(cc3C)C(=O)[N+]3(CC=N4)CCc4ccccc43)cc(NC(=O)CCC(=O)CNC(=O)CCC(=O)CCCCC(=O)ON3C(=O)CCC3=O)c1)CC[C@@H]1Cc3ccccc3N1C2=O. The van der Waals surface area contributed by atoms with Gasteiger partial charge in [-0.25, -0.2) is 14.1 Å². The number of fused-ring (bicyclic) bond motifs is 7. The monoisotopic (exact) mass is 1100 g/mol. The van der Waals surface area contributed by atoms with Crippen LogP contribution in [0, 0.1) is 6.92 Å². The Morgan fingerprint density at radius 3 is 2.16 bits per heavy atom. The summed E-state index contributed by atoms with van der Waals surface area (Å²) in [5.74, 6) is -2.21. The quantitative estimate of drug-likeness (QED) is 0.0380. The number of amides is 6. The number of aryl methyl sites for hydroxylation is 2. The van der Waals surface area contributed by atoms with E-state index in [1.807, 2.05) is 72.6 Å². The molecular weight excluding hydrogens is 1040 g/mol. The molecule has 6 amide bonds. The summed E-state index contributed by atoms with van der Waals surface area (Å²) in [6.45, 7) is 2.73. The van der Waals surface area contributed by atoms with Crippen molar-refractivity contribution < 1.29 is 62.2 Å². The van der Waals surface area contributed by atoms with E-state index in [4.69, 9.17) is 24.0 Å². The number of Topliss-reactive ketones (excluding diaryl/α,β-unsaturated/α-hetero) is 2. The molecule has 5 heterocycles. The number of methoxy groups -OCH3 is 1. The number of imide groups is 1. The van der Waals surface area contributed by atoms with E-state index in [2.05, 4.69) is 22.8 Å². The van der Waals surface area contributed by atoms with Crippen LogP contribution in [0.4, 0.5) is 22.7 Å². The Hall–Kier alpha value is -8.84. The van der Waals surface area contributed by atoms with E-state index in [-0.39, 0.29) is 106 Å². The molecule has 5 aliphatic rings. The minimum absolute atomic E-state index is 0.00985. The number of carbonyl (C=O) groups is 9. The molecule has 0 saturated carbocycles. The summed E-state index contributed by atoms with van der Waals surface area (Å²) < 4.78 is 18.9. The number of carbonyl (C=O) groups excluding carboxylic acids is 9. The van der Waals surface area contributed by atoms with E-state index < -0.39 is 35.4 Å². The number of aliphatic imine (C=N–C) groups is 1. The molecule has 5 aromatic carbocycles. The molecule has 81 heavy (non-hydrogen) atoms. The molecule has 5 aromatic rings. The van der Waals surface area contributed by atoms with Crippen molar-refractivity contribution in [3.63, 3.8) is 0 Å². The molecule has 1 fully saturated rings. The van der Waals surface area contributed by atoms with E-state index in [0.29, 0.717) is 81.9 Å². The Bertz CT molecular complexity index is 3410. The molecule has 10 rings (SSSR count). The number of para-hydroxylation sites is 2. The number of anilines is 2. The lowest BCUT2D eigenvalue weighted by molar-refractivity contribution is -0.197. The molecule has 2 atom stereocenters. The number of unbranched alkanes of at least 4 members (excludes halogenated alkanes) is 1. The van der Waals surface area contributed by atoms with Crippen LogP contribution in [0.25, 0.3) is 0 Å². The second kappa shape index (κ2) is 24.3. The number of nitrogens with zero attached hydrogens (tertiary/aromatic N) is 4. The predicted molar refractivity (Wildman–Crippen MR) is 298 cm³/mol. The molecule has 5 aliphatic heterocycles. The minimum atomic E-state index is -0.751. The Labute approximate surface area is 468 Å². The third-order valence-corrected chi connectivity index (χ3v) is 15.6. The fourth-order valence-electron chi connectivity index (χ4n) is 11.3. The van der Waals surface area contributed by atoms with E-state index in [0.717, 1.165) is 52.9 Å². The van der Waals surface area contributed by atoms with Gasteiger partial charge < -0.3 is 34.6 Å². The number of rotatable bonds is 22. The first-order valence-corrected chi connectivity index (χ1v) is 27.5. The van der Waals surface area contributed by atoms with Gasteiger partial charge in [0, 0.05) is 92.4 Å². The van der Waals surface area contributed by atoms with Gasteiger partial charge in [-0.3, -0.25) is 38.6 Å². The first-order valence-electron chi connectivity index (χ1n) is 27.5. The largest absolute Gasteiger partial charge is 0.493 e. The summed E-state index contributed by atoms with van der Waals surface area (Å²) in [7, 11) is 1.53. The van der Waals surface area contributed by atoms with Crippen molar-refractivity contribution in [1.82, 2.24) is 14.9 Å². The third-order valence-electron chi connectivity index (χ3n) is 15.6. The maximum atomic E-state index is 14.4. The second-order valence-electron chi connectivity index (χ2n) is 21.1. The highest BCUT2D eigenvalue weighted by atomic mass is 16.7. The number of hydroxylamine groups is 2. The molecule has 1 spiro atoms. The summed E-state index contributed by atoms with van der Waals surface area (Å²) in [6.07, 6.45) is 4.85. The molecular formula is C62H63N6O13+. The average molecular weight is 1100 g/mol. The first kappa shape index (κ1) is 55.5. The number of hydrogen-bond donors (Lipinski definition) is 2. The molecule has 418 valence electrons. The van der Waals surface area contributed by atoms with Crippen LogP contribution in [0.15, 0.2) is 96.0 Å². The number of hydrogen-bond acceptors (Lipinski definition) is 14. The van der Waals surface area contributed by atoms with E-state index in [9.17, 15) is 43.2 Å². The van der Waals surface area contributed by atoms with Gasteiger partial charge in [-0.15, -0.1) is 5.06 Å². The zero-order chi connectivity index (χ0) is 56.8. The molecule has 0 bridgehead atoms. The van der Waals surface area contributed by atoms with Gasteiger partial charge in [-0.1, -0.05) is 36.4 Å². The highest BCUT2D eigenvalue weighted by molar-refractivity contribution is 6.11. The highest BCUT2D eigenvalue weighted by Gasteiger charge is 2.47. The van der Waals surface area contributed by atoms with Crippen molar-refractivity contribution in [2.45, 2.75) is 116 Å². The second-order valence-corrected chi connectivity index (χ2v) is 21.1. The number of quaternary nitrogens is 1. The van der Waals surface area contributed by atoms with Gasteiger partial charge in [0.1, 0.15) is 42.5 Å². The Morgan fingerprint density at radius 2 is 1.38 bits per heavy atom. The molecule has 19 heteroatoms. The van der Waals surface area contributed by atoms with Gasteiger partial charge in [0.05, 0.1) is 32.1 Å². The maximum Gasteiger partial charge on any atom is 0.353 e. The van der Waals surface area contributed by atoms with Crippen LogP contribution in [0.1, 0.15) is 125 Å². The summed E-state index contributed by atoms with van der Waals surface area (Å²) in [4.78, 5) is 127. The lowest BCUT2D eigenvalue weighted by Gasteiger charge is -2.29. The van der Waals surface area contributed by atoms with Crippen molar-refractivity contribution in [2.24, 2.45) is 4.99 Å². The normalized spacial score (nSPS) is 17.6. The van der Waals surface area contributed by atoms with Crippen molar-refractivity contribution in [1.29, 1.82) is 0 Å². The summed E-state index contributed by atoms with van der Waals surface area (Å²) >= 11 is 0. The van der Waals surface area contributed by atoms with Crippen molar-refractivity contribution >= 4 is 81.9 Å². The van der Waals surface area contributed by atoms with Gasteiger partial charge in [-0.2, -0.15) is 0 Å². The van der Waals surface area contributed by atoms with E-state index >= 15 is 0 Å². The standard InChI is InChI=1S/C62H62N6O13/c1-38-27-49-50(63-24-26-68(62(49)77)25-23-41-9-4-7-13-52(41)68)34-53(38)79-36-39-28-40(37-80-55-32-42-15-16-45-31-43-10-3-6-12-51(43)66(45)61(76)48(42)33-54(55)78-2)30-44(29-39)65-57(72)20-18-47(70)35-64-56(71)19-17-46(69)11-5-8-14-60(75)81-67-58(73)21-22-59(67)74/h3-4,6-7,9-10,12-13,24,27-30,32-34,45H,5,8,11,14-23,25-26,31,35-37H2,1-2H3,(H-,64,65,71,72)/p+1/t45-,68?/m1/s1. The predicted octanol–water partition coefficient (Wildman–Crippen LogP) is 8.02. The smallest absolute Gasteiger partial charge is 0.353 e. The molecule has 0 aromatic heterocycles. The summed E-state index contributed by atoms with van der Waals surface area (Å²) in [5, 5.41) is 5.90. The highest BCUT2D eigenvalue weighted by Crippen LogP contribution is 2.43. The van der Waals surface area contributed by atoms with Crippen LogP contribution in [0.5, 0.6) is 17.2 Å². The minimum Gasteiger partial charge on any atom is -0.493 e. The lowest BCUT2D eigenvalue weighted by atomic mass is 9.99. The van der Waals surface area contributed by atoms with Crippen LogP contribution in [-0.4, -0.2) is 97.0 Å². The number of ether oxygens (including phenoxy) is 3. The fourth-order valence-corrected chi connectivity index (χ4v) is 11.3. The molecule has 0 aliphatic carbocycles. The van der Waals surface area contributed by atoms with E-state index in [1.54, 1.807) is 24.3 Å². The average Bonchev–Trinajstić information content (AvgIpc) is 4.29. The first-order chi connectivity index (χ1) is 39.2.